The average molecular weight is 1970 g/mol. The fraction of sp³-hybridized carbons (Fsp3) is 0.339. The summed E-state index contributed by atoms with van der Waals surface area (Å²) in [7, 11) is 8.06. The molecule has 1 aliphatic rings. The molecule has 766 valence electrons. The topological polar surface area (TPSA) is 315 Å². The van der Waals surface area contributed by atoms with Crippen LogP contribution < -0.4 is 65.1 Å². The quantitative estimate of drug-likeness (QED) is 0.0182. The van der Waals surface area contributed by atoms with Crippen molar-refractivity contribution in [3.63, 3.8) is 0 Å². The van der Waals surface area contributed by atoms with Gasteiger partial charge in [-0.05, 0) is 266 Å². The molecule has 1 fully saturated rings. The summed E-state index contributed by atoms with van der Waals surface area (Å²) in [6.07, 6.45) is 5.68. The highest BCUT2D eigenvalue weighted by atomic mass is 16.6. The van der Waals surface area contributed by atoms with Gasteiger partial charge in [0.2, 0.25) is 0 Å². The van der Waals surface area contributed by atoms with Crippen LogP contribution in [0.1, 0.15) is 202 Å². The Balaban J connectivity index is 0.000000211. The Labute approximate surface area is 849 Å². The molecule has 0 spiro atoms. The molecule has 0 saturated heterocycles. The number of nitrogens with one attached hydrogen (secondary N) is 6. The second kappa shape index (κ2) is 59.5. The highest BCUT2D eigenvalue weighted by molar-refractivity contribution is 5.89. The lowest BCUT2D eigenvalue weighted by molar-refractivity contribution is 0.186. The van der Waals surface area contributed by atoms with Crippen LogP contribution in [0.15, 0.2) is 218 Å². The second-order valence-electron chi connectivity index (χ2n) is 34.2. The summed E-state index contributed by atoms with van der Waals surface area (Å²) in [6.45, 7) is 35.6. The van der Waals surface area contributed by atoms with Gasteiger partial charge < -0.3 is 66.7 Å². The maximum Gasteiger partial charge on any atom is 0.411 e. The Morgan fingerprint density at radius 1 is 0.250 bits per heavy atom. The molecule has 0 unspecified atom stereocenters. The van der Waals surface area contributed by atoms with Crippen LogP contribution >= 0.6 is 0 Å². The lowest BCUT2D eigenvalue weighted by Crippen LogP contribution is -2.14. The minimum absolute atomic E-state index is 0.135. The van der Waals surface area contributed by atoms with Crippen LogP contribution in [0.25, 0.3) is 0 Å². The SMILES string of the molecule is CCOc1cccc(NC(=O)OC)c1COc1ccc(C)cc1CC.CCc1cc(C)ccc1OCc1c(C)cccc1NC(=O)OC.CCc1cc(C)ccc1OCc1c(C)cccc1NC(=O)OC.CCc1cc(C)ccc1OCc1c(CC)cccc1NC(=O)OC.CCc1cc(C)ccc1OCc1c(CO)cccc1NC(=O)OC.CCc1cc(C)ccc1OCc1c(NC(=O)OC)cccc1C1CC1. The summed E-state index contributed by atoms with van der Waals surface area (Å²) in [5.74, 6) is 6.45. The fourth-order valence-corrected chi connectivity index (χ4v) is 15.7. The molecule has 0 aliphatic heterocycles. The van der Waals surface area contributed by atoms with Crippen molar-refractivity contribution in [3.8, 4) is 40.2 Å². The monoisotopic (exact) mass is 1970 g/mol. The van der Waals surface area contributed by atoms with Gasteiger partial charge in [0.15, 0.2) is 0 Å². The van der Waals surface area contributed by atoms with Gasteiger partial charge in [-0.1, -0.05) is 221 Å². The van der Waals surface area contributed by atoms with E-state index in [1.807, 2.05) is 167 Å². The average Bonchev–Trinajstić information content (AvgIpc) is 1.64. The van der Waals surface area contributed by atoms with Crippen molar-refractivity contribution < 1.29 is 95.5 Å². The Bertz CT molecular complexity index is 5990. The molecular weight excluding hydrogens is 1820 g/mol. The van der Waals surface area contributed by atoms with Gasteiger partial charge in [-0.2, -0.15) is 0 Å². The summed E-state index contributed by atoms with van der Waals surface area (Å²) in [4.78, 5) is 69.3. The second-order valence-corrected chi connectivity index (χ2v) is 34.2. The minimum atomic E-state index is -0.559. The number of aryl methyl sites for hydroxylation is 15. The van der Waals surface area contributed by atoms with E-state index in [-0.39, 0.29) is 19.8 Å². The molecule has 13 rings (SSSR count). The first-order valence-electron chi connectivity index (χ1n) is 48.8. The zero-order valence-corrected chi connectivity index (χ0v) is 87.6. The zero-order chi connectivity index (χ0) is 105. The predicted molar refractivity (Wildman–Crippen MR) is 572 cm³/mol. The zero-order valence-electron chi connectivity index (χ0n) is 87.6. The molecule has 7 N–H and O–H groups in total. The van der Waals surface area contributed by atoms with E-state index < -0.39 is 36.6 Å². The standard InChI is InChI=1S/C21H25NO3.C20H25NO4.C20H25NO3.C19H23NO4.2C19H23NO3/c1-4-15-12-14(2)8-11-20(15)25-13-18-17(16-9-10-16)6-5-7-19(18)22-21(23)24-3;1-5-15-12-14(3)10-11-18(15)25-13-16-17(21-20(22)23-4)8-7-9-19(16)24-6-2;1-5-15-8-7-9-18(21-20(22)23-4)17(15)13-24-19-11-10-14(3)12-16(19)6-2;1-4-14-10-13(2)8-9-18(14)24-12-16-15(11-21)6-5-7-17(16)20-19(22)23-3;2*1-5-15-11-13(2)9-10-18(15)23-12-16-14(3)7-6-8-17(16)20-19(21)22-4/h5-8,11-12,16H,4,9-10,13H2,1-3H3,(H,22,23);7-12H,5-6,13H2,1-4H3,(H,21,22);7-12H,5-6,13H2,1-4H3,(H,21,22);5-10,21H,4,11-12H2,1-3H3,(H,20,22);2*6-11H,5,12H2,1-4H3,(H,20,21). The van der Waals surface area contributed by atoms with Crippen LogP contribution in [0.5, 0.6) is 40.2 Å². The molecule has 26 nitrogen and oxygen atoms in total. The van der Waals surface area contributed by atoms with Gasteiger partial charge in [-0.15, -0.1) is 0 Å². The molecular formula is C118H144N6O20. The first kappa shape index (κ1) is 114. The molecule has 0 atom stereocenters. The third-order valence-electron chi connectivity index (χ3n) is 23.9. The van der Waals surface area contributed by atoms with E-state index in [2.05, 4.69) is 189 Å². The van der Waals surface area contributed by atoms with E-state index in [1.165, 1.54) is 117 Å². The Hall–Kier alpha value is -15.2. The molecule has 1 aliphatic carbocycles. The Morgan fingerprint density at radius 3 is 0.750 bits per heavy atom. The molecule has 1 saturated carbocycles. The first-order valence-corrected chi connectivity index (χ1v) is 48.8. The van der Waals surface area contributed by atoms with E-state index in [4.69, 9.17) is 42.6 Å². The summed E-state index contributed by atoms with van der Waals surface area (Å²) in [6, 6.07) is 71.1. The van der Waals surface area contributed by atoms with Crippen molar-refractivity contribution in [2.75, 3.05) is 81.2 Å². The number of hydrogen-bond donors (Lipinski definition) is 7. The van der Waals surface area contributed by atoms with Crippen LogP contribution in [0.3, 0.4) is 0 Å². The van der Waals surface area contributed by atoms with Gasteiger partial charge in [0.1, 0.15) is 79.9 Å². The molecule has 6 amide bonds. The number of amides is 6. The van der Waals surface area contributed by atoms with Crippen LogP contribution in [-0.2, 0) is 120 Å². The lowest BCUT2D eigenvalue weighted by atomic mass is 10.0. The highest BCUT2D eigenvalue weighted by Gasteiger charge is 2.29. The van der Waals surface area contributed by atoms with Gasteiger partial charge >= 0.3 is 36.6 Å². The largest absolute Gasteiger partial charge is 0.493 e. The number of carbonyl (C=O) groups excluding carboxylic acids is 6. The minimum Gasteiger partial charge on any atom is -0.493 e. The number of methoxy groups -OCH3 is 6. The Morgan fingerprint density at radius 2 is 0.479 bits per heavy atom. The van der Waals surface area contributed by atoms with E-state index in [1.54, 1.807) is 24.3 Å². The summed E-state index contributed by atoms with van der Waals surface area (Å²) in [5.41, 5.74) is 29.0. The lowest BCUT2D eigenvalue weighted by Gasteiger charge is -2.17. The van der Waals surface area contributed by atoms with Crippen molar-refractivity contribution in [2.24, 2.45) is 0 Å². The van der Waals surface area contributed by atoms with E-state index in [9.17, 15) is 33.9 Å². The number of benzene rings is 12. The molecule has 0 bridgehead atoms. The van der Waals surface area contributed by atoms with E-state index in [0.717, 1.165) is 152 Å². The third-order valence-corrected chi connectivity index (χ3v) is 23.9. The maximum absolute atomic E-state index is 11.7. The van der Waals surface area contributed by atoms with Gasteiger partial charge in [0, 0.05) is 27.8 Å². The number of ether oxygens (including phenoxy) is 13. The summed E-state index contributed by atoms with van der Waals surface area (Å²) < 4.78 is 70.1. The smallest absolute Gasteiger partial charge is 0.411 e. The molecule has 12 aromatic carbocycles. The van der Waals surface area contributed by atoms with Crippen LogP contribution in [0.4, 0.5) is 62.9 Å². The normalized spacial score (nSPS) is 10.8. The van der Waals surface area contributed by atoms with Crippen LogP contribution in [0.2, 0.25) is 0 Å². The highest BCUT2D eigenvalue weighted by Crippen LogP contribution is 2.44. The number of aliphatic hydroxyl groups is 1. The summed E-state index contributed by atoms with van der Waals surface area (Å²) in [5, 5.41) is 26.0. The Kier molecular flexibility index (Phi) is 47.2. The third kappa shape index (κ3) is 35.2. The van der Waals surface area contributed by atoms with Crippen LogP contribution in [0, 0.1) is 55.4 Å². The first-order chi connectivity index (χ1) is 69.5. The number of aliphatic hydroxyl groups excluding tert-OH is 1. The van der Waals surface area contributed by atoms with Crippen molar-refractivity contribution in [3.05, 3.63) is 346 Å². The number of carbonyl (C=O) groups is 6. The molecule has 26 heteroatoms. The van der Waals surface area contributed by atoms with E-state index >= 15 is 0 Å². The van der Waals surface area contributed by atoms with Gasteiger partial charge in [-0.3, -0.25) is 31.9 Å². The molecule has 144 heavy (non-hydrogen) atoms. The maximum atomic E-state index is 11.7. The molecule has 0 aromatic heterocycles. The van der Waals surface area contributed by atoms with Gasteiger partial charge in [0.25, 0.3) is 0 Å². The summed E-state index contributed by atoms with van der Waals surface area (Å²) >= 11 is 0. The molecule has 12 aromatic rings. The number of hydrogen-bond acceptors (Lipinski definition) is 20. The van der Waals surface area contributed by atoms with Gasteiger partial charge in [0.05, 0.1) is 95.6 Å². The van der Waals surface area contributed by atoms with Crippen molar-refractivity contribution >= 4 is 70.7 Å². The number of rotatable bonds is 35. The van der Waals surface area contributed by atoms with Gasteiger partial charge in [-0.25, -0.2) is 28.8 Å². The van der Waals surface area contributed by atoms with E-state index in [0.29, 0.717) is 73.0 Å². The van der Waals surface area contributed by atoms with Crippen LogP contribution in [-0.4, -0.2) is 90.9 Å². The fourth-order valence-electron chi connectivity index (χ4n) is 15.7. The van der Waals surface area contributed by atoms with Crippen molar-refractivity contribution in [2.45, 2.75) is 221 Å². The molecule has 0 radical (unpaired) electrons. The van der Waals surface area contributed by atoms with Crippen molar-refractivity contribution in [1.82, 2.24) is 0 Å². The molecule has 0 heterocycles. The predicted octanol–water partition coefficient (Wildman–Crippen LogP) is 27.8. The van der Waals surface area contributed by atoms with Crippen molar-refractivity contribution in [1.29, 1.82) is 0 Å². The number of anilines is 6.